The van der Waals surface area contributed by atoms with Crippen molar-refractivity contribution in [3.8, 4) is 0 Å². The standard InChI is InChI=1S/C13H14BrN3O2S/c1-8-3-2-4-11(13(8)14)17-9-5-6-12(10(15)7-9)20(16,18)19/h2-7,17H,15H2,1H3,(H2,16,18,19). The Balaban J connectivity index is 2.36. The Morgan fingerprint density at radius 2 is 1.90 bits per heavy atom. The molecule has 0 saturated heterocycles. The van der Waals surface area contributed by atoms with Crippen molar-refractivity contribution in [1.29, 1.82) is 0 Å². The number of benzene rings is 2. The van der Waals surface area contributed by atoms with Crippen LogP contribution in [0.15, 0.2) is 45.8 Å². The van der Waals surface area contributed by atoms with Gasteiger partial charge in [0.05, 0.1) is 11.4 Å². The Morgan fingerprint density at radius 3 is 2.50 bits per heavy atom. The zero-order valence-corrected chi connectivity index (χ0v) is 13.1. The van der Waals surface area contributed by atoms with E-state index in [2.05, 4.69) is 21.2 Å². The SMILES string of the molecule is Cc1cccc(Nc2ccc(S(N)(=O)=O)c(N)c2)c1Br. The van der Waals surface area contributed by atoms with Gasteiger partial charge in [-0.3, -0.25) is 0 Å². The van der Waals surface area contributed by atoms with Crippen molar-refractivity contribution in [1.82, 2.24) is 0 Å². The summed E-state index contributed by atoms with van der Waals surface area (Å²) >= 11 is 3.49. The van der Waals surface area contributed by atoms with E-state index < -0.39 is 10.0 Å². The predicted octanol–water partition coefficient (Wildman–Crippen LogP) is 2.73. The Bertz CT molecular complexity index is 760. The first kappa shape index (κ1) is 14.8. The van der Waals surface area contributed by atoms with Crippen molar-refractivity contribution in [3.63, 3.8) is 0 Å². The van der Waals surface area contributed by atoms with Crippen LogP contribution in [0, 0.1) is 6.92 Å². The minimum Gasteiger partial charge on any atom is -0.398 e. The largest absolute Gasteiger partial charge is 0.398 e. The molecule has 0 bridgehead atoms. The van der Waals surface area contributed by atoms with Crippen LogP contribution in [0.4, 0.5) is 17.1 Å². The van der Waals surface area contributed by atoms with Crippen molar-refractivity contribution in [2.75, 3.05) is 11.1 Å². The molecular weight excluding hydrogens is 342 g/mol. The van der Waals surface area contributed by atoms with Crippen molar-refractivity contribution < 1.29 is 8.42 Å². The van der Waals surface area contributed by atoms with Crippen LogP contribution in [0.2, 0.25) is 0 Å². The molecule has 0 spiro atoms. The molecule has 0 heterocycles. The fourth-order valence-corrected chi connectivity index (χ4v) is 2.79. The molecule has 0 radical (unpaired) electrons. The molecule has 0 aliphatic carbocycles. The molecule has 106 valence electrons. The van der Waals surface area contributed by atoms with Gasteiger partial charge < -0.3 is 11.1 Å². The Labute approximate surface area is 126 Å². The zero-order chi connectivity index (χ0) is 14.9. The van der Waals surface area contributed by atoms with Gasteiger partial charge in [-0.05, 0) is 52.7 Å². The number of aryl methyl sites for hydroxylation is 1. The highest BCUT2D eigenvalue weighted by atomic mass is 79.9. The maximum absolute atomic E-state index is 11.3. The predicted molar refractivity (Wildman–Crippen MR) is 84.4 cm³/mol. The van der Waals surface area contributed by atoms with Crippen LogP contribution in [0.3, 0.4) is 0 Å². The molecule has 0 saturated carbocycles. The average Bonchev–Trinajstić information content (AvgIpc) is 2.33. The van der Waals surface area contributed by atoms with Crippen LogP contribution in [0.5, 0.6) is 0 Å². The van der Waals surface area contributed by atoms with E-state index in [1.54, 1.807) is 6.07 Å². The normalized spacial score (nSPS) is 11.3. The fourth-order valence-electron chi connectivity index (χ4n) is 1.78. The van der Waals surface area contributed by atoms with E-state index in [9.17, 15) is 8.42 Å². The van der Waals surface area contributed by atoms with Gasteiger partial charge >= 0.3 is 0 Å². The lowest BCUT2D eigenvalue weighted by atomic mass is 10.2. The minimum atomic E-state index is -3.80. The summed E-state index contributed by atoms with van der Waals surface area (Å²) in [4.78, 5) is -0.0774. The fraction of sp³-hybridized carbons (Fsp3) is 0.0769. The second kappa shape index (κ2) is 5.43. The number of nitrogens with one attached hydrogen (secondary N) is 1. The Hall–Kier alpha value is -1.57. The third-order valence-corrected chi connectivity index (χ3v) is 4.82. The lowest BCUT2D eigenvalue weighted by molar-refractivity contribution is 0.598. The van der Waals surface area contributed by atoms with Crippen molar-refractivity contribution in [2.45, 2.75) is 11.8 Å². The van der Waals surface area contributed by atoms with E-state index >= 15 is 0 Å². The maximum atomic E-state index is 11.3. The topological polar surface area (TPSA) is 98.2 Å². The summed E-state index contributed by atoms with van der Waals surface area (Å²) in [6.45, 7) is 1.98. The summed E-state index contributed by atoms with van der Waals surface area (Å²) in [5, 5.41) is 8.24. The molecule has 5 N–H and O–H groups in total. The van der Waals surface area contributed by atoms with Crippen LogP contribution < -0.4 is 16.2 Å². The molecule has 0 aromatic heterocycles. The first-order valence-electron chi connectivity index (χ1n) is 5.73. The third-order valence-electron chi connectivity index (χ3n) is 2.79. The van der Waals surface area contributed by atoms with Crippen molar-refractivity contribution in [3.05, 3.63) is 46.4 Å². The number of anilines is 3. The van der Waals surface area contributed by atoms with Gasteiger partial charge in [-0.1, -0.05) is 12.1 Å². The van der Waals surface area contributed by atoms with Gasteiger partial charge in [-0.2, -0.15) is 0 Å². The highest BCUT2D eigenvalue weighted by Gasteiger charge is 2.12. The highest BCUT2D eigenvalue weighted by Crippen LogP contribution is 2.30. The van der Waals surface area contributed by atoms with Crippen molar-refractivity contribution in [2.24, 2.45) is 5.14 Å². The number of nitrogens with two attached hydrogens (primary N) is 2. The molecule has 2 aromatic carbocycles. The van der Waals surface area contributed by atoms with Crippen molar-refractivity contribution >= 4 is 43.0 Å². The summed E-state index contributed by atoms with van der Waals surface area (Å²) in [5.41, 5.74) is 8.47. The third kappa shape index (κ3) is 3.12. The number of hydrogen-bond donors (Lipinski definition) is 3. The van der Waals surface area contributed by atoms with E-state index in [1.807, 2.05) is 25.1 Å². The van der Waals surface area contributed by atoms with E-state index in [0.29, 0.717) is 5.69 Å². The quantitative estimate of drug-likeness (QED) is 0.737. The summed E-state index contributed by atoms with van der Waals surface area (Å²) in [5.74, 6) is 0. The molecule has 0 aliphatic rings. The first-order valence-corrected chi connectivity index (χ1v) is 8.07. The van der Waals surface area contributed by atoms with Crippen LogP contribution >= 0.6 is 15.9 Å². The van der Waals surface area contributed by atoms with Gasteiger partial charge in [-0.25, -0.2) is 13.6 Å². The molecule has 5 nitrogen and oxygen atoms in total. The van der Waals surface area contributed by atoms with Crippen LogP contribution in [0.1, 0.15) is 5.56 Å². The summed E-state index contributed by atoms with van der Waals surface area (Å²) in [6.07, 6.45) is 0. The van der Waals surface area contributed by atoms with Crippen LogP contribution in [-0.4, -0.2) is 8.42 Å². The van der Waals surface area contributed by atoms with Gasteiger partial charge in [-0.15, -0.1) is 0 Å². The van der Waals surface area contributed by atoms with E-state index in [-0.39, 0.29) is 10.6 Å². The monoisotopic (exact) mass is 355 g/mol. The Morgan fingerprint density at radius 1 is 1.20 bits per heavy atom. The first-order chi connectivity index (χ1) is 9.29. The summed E-state index contributed by atoms with van der Waals surface area (Å²) in [6, 6.07) is 10.3. The summed E-state index contributed by atoms with van der Waals surface area (Å²) in [7, 11) is -3.80. The lowest BCUT2D eigenvalue weighted by Crippen LogP contribution is -2.14. The van der Waals surface area contributed by atoms with Crippen LogP contribution in [0.25, 0.3) is 0 Å². The summed E-state index contributed by atoms with van der Waals surface area (Å²) < 4.78 is 23.5. The minimum absolute atomic E-state index is 0.0774. The average molecular weight is 356 g/mol. The molecule has 0 atom stereocenters. The molecule has 0 aliphatic heterocycles. The van der Waals surface area contributed by atoms with E-state index in [4.69, 9.17) is 10.9 Å². The molecule has 7 heteroatoms. The number of rotatable bonds is 3. The smallest absolute Gasteiger partial charge is 0.240 e. The van der Waals surface area contributed by atoms with Gasteiger partial charge in [0.25, 0.3) is 0 Å². The maximum Gasteiger partial charge on any atom is 0.240 e. The Kier molecular flexibility index (Phi) is 4.03. The number of sulfonamides is 1. The molecule has 2 rings (SSSR count). The molecule has 0 fully saturated rings. The molecular formula is C13H14BrN3O2S. The second-order valence-electron chi connectivity index (χ2n) is 4.36. The second-order valence-corrected chi connectivity index (χ2v) is 6.68. The van der Waals surface area contributed by atoms with E-state index in [1.165, 1.54) is 12.1 Å². The number of primary sulfonamides is 1. The lowest BCUT2D eigenvalue weighted by Gasteiger charge is -2.12. The zero-order valence-electron chi connectivity index (χ0n) is 10.7. The number of halogens is 1. The van der Waals surface area contributed by atoms with Gasteiger partial charge in [0.2, 0.25) is 10.0 Å². The molecule has 0 amide bonds. The van der Waals surface area contributed by atoms with E-state index in [0.717, 1.165) is 15.7 Å². The van der Waals surface area contributed by atoms with Crippen LogP contribution in [-0.2, 0) is 10.0 Å². The molecule has 0 unspecified atom stereocenters. The number of hydrogen-bond acceptors (Lipinski definition) is 4. The van der Waals surface area contributed by atoms with Gasteiger partial charge in [0, 0.05) is 10.2 Å². The molecule has 20 heavy (non-hydrogen) atoms. The van der Waals surface area contributed by atoms with Gasteiger partial charge in [0.15, 0.2) is 0 Å². The number of nitrogen functional groups attached to an aromatic ring is 1. The highest BCUT2D eigenvalue weighted by molar-refractivity contribution is 9.10. The van der Waals surface area contributed by atoms with Gasteiger partial charge in [0.1, 0.15) is 4.90 Å². The molecule has 2 aromatic rings.